The van der Waals surface area contributed by atoms with Gasteiger partial charge in [0.15, 0.2) is 0 Å². The molecule has 1 aliphatic heterocycles. The van der Waals surface area contributed by atoms with Gasteiger partial charge in [-0.1, -0.05) is 30.3 Å². The van der Waals surface area contributed by atoms with Crippen LogP contribution in [0.2, 0.25) is 0 Å². The van der Waals surface area contributed by atoms with Crippen molar-refractivity contribution in [2.24, 2.45) is 0 Å². The number of aliphatic carboxylic acids is 1. The van der Waals surface area contributed by atoms with Gasteiger partial charge in [0.25, 0.3) is 5.91 Å². The molecule has 1 fully saturated rings. The molecule has 2 heterocycles. The van der Waals surface area contributed by atoms with Crippen molar-refractivity contribution in [2.45, 2.75) is 31.8 Å². The van der Waals surface area contributed by atoms with Gasteiger partial charge < -0.3 is 10.0 Å². The predicted octanol–water partition coefficient (Wildman–Crippen LogP) is 2.01. The average Bonchev–Trinajstić information content (AvgIpc) is 3.03. The normalized spacial score (nSPS) is 17.9. The molecule has 1 saturated heterocycles. The molecular weight excluding hydrogens is 294 g/mol. The molecule has 6 heteroatoms. The molecule has 0 spiro atoms. The van der Waals surface area contributed by atoms with Crippen molar-refractivity contribution in [1.29, 1.82) is 0 Å². The van der Waals surface area contributed by atoms with Crippen molar-refractivity contribution in [3.8, 4) is 0 Å². The molecule has 0 unspecified atom stereocenters. The third-order valence-electron chi connectivity index (χ3n) is 4.12. The van der Waals surface area contributed by atoms with Crippen LogP contribution in [0.5, 0.6) is 0 Å². The Morgan fingerprint density at radius 2 is 2.00 bits per heavy atom. The average molecular weight is 313 g/mol. The molecule has 1 N–H and O–H groups in total. The van der Waals surface area contributed by atoms with Crippen molar-refractivity contribution in [1.82, 2.24) is 14.7 Å². The van der Waals surface area contributed by atoms with Crippen LogP contribution in [0.3, 0.4) is 0 Å². The van der Waals surface area contributed by atoms with Crippen molar-refractivity contribution in [3.05, 3.63) is 53.9 Å². The molecule has 3 rings (SSSR count). The van der Waals surface area contributed by atoms with Crippen molar-refractivity contribution < 1.29 is 14.7 Å². The molecular formula is C17H19N3O3. The maximum absolute atomic E-state index is 12.6. The Labute approximate surface area is 134 Å². The third-order valence-corrected chi connectivity index (χ3v) is 4.12. The summed E-state index contributed by atoms with van der Waals surface area (Å²) in [7, 11) is 0. The summed E-state index contributed by atoms with van der Waals surface area (Å²) < 4.78 is 1.70. The molecule has 2 aromatic rings. The number of carbonyl (C=O) groups excluding carboxylic acids is 1. The van der Waals surface area contributed by atoms with Gasteiger partial charge in [-0.2, -0.15) is 5.10 Å². The highest BCUT2D eigenvalue weighted by Crippen LogP contribution is 2.20. The topological polar surface area (TPSA) is 75.4 Å². The minimum absolute atomic E-state index is 0.253. The van der Waals surface area contributed by atoms with E-state index >= 15 is 0 Å². The van der Waals surface area contributed by atoms with Crippen LogP contribution in [-0.2, 0) is 11.3 Å². The monoisotopic (exact) mass is 313 g/mol. The molecule has 23 heavy (non-hydrogen) atoms. The Bertz CT molecular complexity index is 696. The summed E-state index contributed by atoms with van der Waals surface area (Å²) in [4.78, 5) is 25.4. The number of hydrogen-bond acceptors (Lipinski definition) is 3. The molecule has 120 valence electrons. The van der Waals surface area contributed by atoms with Crippen LogP contribution in [0.1, 0.15) is 35.2 Å². The number of carbonyl (C=O) groups is 2. The summed E-state index contributed by atoms with van der Waals surface area (Å²) in [6.45, 7) is 1.07. The van der Waals surface area contributed by atoms with E-state index in [4.69, 9.17) is 0 Å². The standard InChI is InChI=1S/C17H19N3O3/c21-16(20-9-5-4-8-15(20)17(22)23)14-10-18-19(12-14)11-13-6-2-1-3-7-13/h1-3,6-7,10,12,15H,4-5,8-9,11H2,(H,22,23)/t15-/m1/s1. The molecule has 1 atom stereocenters. The Balaban J connectivity index is 1.74. The van der Waals surface area contributed by atoms with E-state index in [9.17, 15) is 14.7 Å². The lowest BCUT2D eigenvalue weighted by atomic mass is 10.0. The number of hydrogen-bond donors (Lipinski definition) is 1. The van der Waals surface area contributed by atoms with Crippen molar-refractivity contribution >= 4 is 11.9 Å². The number of benzene rings is 1. The van der Waals surface area contributed by atoms with Gasteiger partial charge in [-0.25, -0.2) is 4.79 Å². The van der Waals surface area contributed by atoms with Crippen LogP contribution < -0.4 is 0 Å². The third kappa shape index (κ3) is 3.41. The maximum atomic E-state index is 12.6. The summed E-state index contributed by atoms with van der Waals surface area (Å²) in [5.41, 5.74) is 1.53. The van der Waals surface area contributed by atoms with Gasteiger partial charge in [0, 0.05) is 12.7 Å². The minimum atomic E-state index is -0.935. The summed E-state index contributed by atoms with van der Waals surface area (Å²) in [6, 6.07) is 9.12. The van der Waals surface area contributed by atoms with Gasteiger partial charge in [0.05, 0.1) is 18.3 Å². The Kier molecular flexibility index (Phi) is 4.41. The summed E-state index contributed by atoms with van der Waals surface area (Å²) in [5.74, 6) is -1.19. The number of carboxylic acid groups (broad SMARTS) is 1. The van der Waals surface area contributed by atoms with E-state index in [1.54, 1.807) is 10.9 Å². The second-order valence-electron chi connectivity index (χ2n) is 5.76. The van der Waals surface area contributed by atoms with Gasteiger partial charge in [0.2, 0.25) is 0 Å². The van der Waals surface area contributed by atoms with E-state index in [1.165, 1.54) is 11.1 Å². The van der Waals surface area contributed by atoms with Gasteiger partial charge in [-0.05, 0) is 24.8 Å². The van der Waals surface area contributed by atoms with E-state index in [1.807, 2.05) is 30.3 Å². The van der Waals surface area contributed by atoms with Gasteiger partial charge in [0.1, 0.15) is 6.04 Å². The van der Waals surface area contributed by atoms with Crippen LogP contribution in [0.4, 0.5) is 0 Å². The highest BCUT2D eigenvalue weighted by atomic mass is 16.4. The van der Waals surface area contributed by atoms with Crippen LogP contribution in [0, 0.1) is 0 Å². The largest absolute Gasteiger partial charge is 0.480 e. The van der Waals surface area contributed by atoms with Crippen molar-refractivity contribution in [2.75, 3.05) is 6.54 Å². The number of piperidine rings is 1. The second-order valence-corrected chi connectivity index (χ2v) is 5.76. The van der Waals surface area contributed by atoms with Crippen LogP contribution in [0.15, 0.2) is 42.7 Å². The lowest BCUT2D eigenvalue weighted by Crippen LogP contribution is -2.47. The first kappa shape index (κ1) is 15.3. The van der Waals surface area contributed by atoms with Crippen LogP contribution in [-0.4, -0.2) is 44.3 Å². The molecule has 1 aromatic heterocycles. The SMILES string of the molecule is O=C(O)[C@H]1CCCCN1C(=O)c1cnn(Cc2ccccc2)c1. The Morgan fingerprint density at radius 3 is 2.74 bits per heavy atom. The molecule has 0 aliphatic carbocycles. The van der Waals surface area contributed by atoms with Gasteiger partial charge >= 0.3 is 5.97 Å². The summed E-state index contributed by atoms with van der Waals surface area (Å²) in [6.07, 6.45) is 5.39. The number of carboxylic acids is 1. The fourth-order valence-electron chi connectivity index (χ4n) is 2.93. The zero-order valence-electron chi connectivity index (χ0n) is 12.8. The fraction of sp³-hybridized carbons (Fsp3) is 0.353. The Hall–Kier alpha value is -2.63. The molecule has 1 aromatic carbocycles. The first-order valence-corrected chi connectivity index (χ1v) is 7.75. The quantitative estimate of drug-likeness (QED) is 0.937. The molecule has 1 aliphatic rings. The second kappa shape index (κ2) is 6.64. The van der Waals surface area contributed by atoms with E-state index in [0.29, 0.717) is 25.1 Å². The van der Waals surface area contributed by atoms with E-state index in [2.05, 4.69) is 5.10 Å². The number of likely N-dealkylation sites (tertiary alicyclic amines) is 1. The Morgan fingerprint density at radius 1 is 1.22 bits per heavy atom. The number of rotatable bonds is 4. The van der Waals surface area contributed by atoms with E-state index in [0.717, 1.165) is 18.4 Å². The first-order chi connectivity index (χ1) is 11.1. The predicted molar refractivity (Wildman–Crippen MR) is 84.1 cm³/mol. The first-order valence-electron chi connectivity index (χ1n) is 7.75. The number of aromatic nitrogens is 2. The molecule has 1 amide bonds. The summed E-state index contributed by atoms with van der Waals surface area (Å²) in [5, 5.41) is 13.5. The number of nitrogens with zero attached hydrogens (tertiary/aromatic N) is 3. The zero-order valence-corrected chi connectivity index (χ0v) is 12.8. The molecule has 0 radical (unpaired) electrons. The fourth-order valence-corrected chi connectivity index (χ4v) is 2.93. The van der Waals surface area contributed by atoms with Crippen molar-refractivity contribution in [3.63, 3.8) is 0 Å². The number of amides is 1. The highest BCUT2D eigenvalue weighted by molar-refractivity contribution is 5.96. The maximum Gasteiger partial charge on any atom is 0.326 e. The lowest BCUT2D eigenvalue weighted by Gasteiger charge is -2.32. The smallest absolute Gasteiger partial charge is 0.326 e. The summed E-state index contributed by atoms with van der Waals surface area (Å²) >= 11 is 0. The highest BCUT2D eigenvalue weighted by Gasteiger charge is 2.32. The molecule has 0 bridgehead atoms. The van der Waals surface area contributed by atoms with E-state index in [-0.39, 0.29) is 5.91 Å². The molecule has 0 saturated carbocycles. The van der Waals surface area contributed by atoms with Gasteiger partial charge in [-0.15, -0.1) is 0 Å². The molecule has 6 nitrogen and oxygen atoms in total. The zero-order chi connectivity index (χ0) is 16.2. The lowest BCUT2D eigenvalue weighted by molar-refractivity contribution is -0.143. The van der Waals surface area contributed by atoms with Crippen LogP contribution >= 0.6 is 0 Å². The van der Waals surface area contributed by atoms with E-state index < -0.39 is 12.0 Å². The minimum Gasteiger partial charge on any atom is -0.480 e. The van der Waals surface area contributed by atoms with Crippen LogP contribution in [0.25, 0.3) is 0 Å². The van der Waals surface area contributed by atoms with Gasteiger partial charge in [-0.3, -0.25) is 9.48 Å².